The zero-order valence-electron chi connectivity index (χ0n) is 14.8. The number of para-hydroxylation sites is 1. The standard InChI is InChI=1S/C20H25BrN2O2/c1-3-25-19-9-8-15(21)14-17(19)20(23-12-10-22-11-13-23)16-6-4-5-7-18(16)24-2/h4-9,14,20,22H,3,10-13H2,1-2H3. The number of benzene rings is 2. The van der Waals surface area contributed by atoms with E-state index in [0.717, 1.165) is 42.2 Å². The summed E-state index contributed by atoms with van der Waals surface area (Å²) >= 11 is 3.63. The van der Waals surface area contributed by atoms with Crippen LogP contribution >= 0.6 is 15.9 Å². The van der Waals surface area contributed by atoms with Crippen molar-refractivity contribution in [3.05, 3.63) is 58.1 Å². The first-order valence-corrected chi connectivity index (χ1v) is 9.53. The quantitative estimate of drug-likeness (QED) is 0.792. The molecule has 2 aromatic carbocycles. The van der Waals surface area contributed by atoms with Gasteiger partial charge in [0.15, 0.2) is 0 Å². The Morgan fingerprint density at radius 1 is 1.08 bits per heavy atom. The molecular weight excluding hydrogens is 380 g/mol. The summed E-state index contributed by atoms with van der Waals surface area (Å²) in [5.41, 5.74) is 2.34. The number of piperazine rings is 1. The summed E-state index contributed by atoms with van der Waals surface area (Å²) in [6.45, 7) is 6.62. The number of halogens is 1. The van der Waals surface area contributed by atoms with Gasteiger partial charge in [0, 0.05) is 41.8 Å². The highest BCUT2D eigenvalue weighted by molar-refractivity contribution is 9.10. The fourth-order valence-corrected chi connectivity index (χ4v) is 3.79. The lowest BCUT2D eigenvalue weighted by Crippen LogP contribution is -2.45. The zero-order valence-corrected chi connectivity index (χ0v) is 16.4. The molecule has 0 radical (unpaired) electrons. The second kappa shape index (κ2) is 8.70. The summed E-state index contributed by atoms with van der Waals surface area (Å²) in [5, 5.41) is 3.44. The van der Waals surface area contributed by atoms with Crippen molar-refractivity contribution in [2.24, 2.45) is 0 Å². The van der Waals surface area contributed by atoms with Crippen LogP contribution in [0.5, 0.6) is 11.5 Å². The van der Waals surface area contributed by atoms with E-state index in [0.29, 0.717) is 6.61 Å². The molecule has 1 unspecified atom stereocenters. The average molecular weight is 405 g/mol. The predicted octanol–water partition coefficient (Wildman–Crippen LogP) is 3.85. The minimum absolute atomic E-state index is 0.0947. The van der Waals surface area contributed by atoms with E-state index in [1.54, 1.807) is 7.11 Å². The van der Waals surface area contributed by atoms with Gasteiger partial charge in [0.05, 0.1) is 19.8 Å². The Labute approximate surface area is 158 Å². The molecule has 1 saturated heterocycles. The van der Waals surface area contributed by atoms with Crippen molar-refractivity contribution in [2.75, 3.05) is 39.9 Å². The number of methoxy groups -OCH3 is 1. The lowest BCUT2D eigenvalue weighted by Gasteiger charge is -2.36. The van der Waals surface area contributed by atoms with Gasteiger partial charge in [-0.2, -0.15) is 0 Å². The Hall–Kier alpha value is -1.56. The van der Waals surface area contributed by atoms with Crippen molar-refractivity contribution in [3.63, 3.8) is 0 Å². The Bertz CT molecular complexity index is 702. The Morgan fingerprint density at radius 2 is 1.84 bits per heavy atom. The molecule has 0 saturated carbocycles. The largest absolute Gasteiger partial charge is 0.496 e. The minimum atomic E-state index is 0.0947. The smallest absolute Gasteiger partial charge is 0.124 e. The molecule has 2 aromatic rings. The molecule has 1 N–H and O–H groups in total. The maximum atomic E-state index is 5.95. The molecule has 5 heteroatoms. The second-order valence-corrected chi connectivity index (χ2v) is 6.96. The molecular formula is C20H25BrN2O2. The molecule has 1 heterocycles. The Balaban J connectivity index is 2.13. The Morgan fingerprint density at radius 3 is 2.56 bits per heavy atom. The number of nitrogens with one attached hydrogen (secondary N) is 1. The monoisotopic (exact) mass is 404 g/mol. The van der Waals surface area contributed by atoms with Gasteiger partial charge in [-0.1, -0.05) is 34.1 Å². The second-order valence-electron chi connectivity index (χ2n) is 6.05. The molecule has 0 amide bonds. The highest BCUT2D eigenvalue weighted by atomic mass is 79.9. The summed E-state index contributed by atoms with van der Waals surface area (Å²) in [4.78, 5) is 2.50. The summed E-state index contributed by atoms with van der Waals surface area (Å²) in [6, 6.07) is 14.6. The van der Waals surface area contributed by atoms with Crippen LogP contribution in [0.25, 0.3) is 0 Å². The zero-order chi connectivity index (χ0) is 17.6. The van der Waals surface area contributed by atoms with Gasteiger partial charge in [0.2, 0.25) is 0 Å². The van der Waals surface area contributed by atoms with E-state index in [2.05, 4.69) is 44.3 Å². The number of ether oxygens (including phenoxy) is 2. The number of nitrogens with zero attached hydrogens (tertiary/aromatic N) is 1. The van der Waals surface area contributed by atoms with Crippen LogP contribution < -0.4 is 14.8 Å². The molecule has 0 bridgehead atoms. The van der Waals surface area contributed by atoms with Gasteiger partial charge in [-0.3, -0.25) is 4.90 Å². The fraction of sp³-hybridized carbons (Fsp3) is 0.400. The first-order chi connectivity index (χ1) is 12.2. The van der Waals surface area contributed by atoms with Crippen LogP contribution in [0, 0.1) is 0 Å². The molecule has 1 fully saturated rings. The summed E-state index contributed by atoms with van der Waals surface area (Å²) in [7, 11) is 1.73. The SMILES string of the molecule is CCOc1ccc(Br)cc1C(c1ccccc1OC)N1CCNCC1. The van der Waals surface area contributed by atoms with Crippen LogP contribution in [-0.4, -0.2) is 44.8 Å². The predicted molar refractivity (Wildman–Crippen MR) is 105 cm³/mol. The van der Waals surface area contributed by atoms with Gasteiger partial charge < -0.3 is 14.8 Å². The third-order valence-electron chi connectivity index (χ3n) is 4.52. The lowest BCUT2D eigenvalue weighted by molar-refractivity contribution is 0.191. The van der Waals surface area contributed by atoms with Gasteiger partial charge in [0.1, 0.15) is 11.5 Å². The lowest BCUT2D eigenvalue weighted by atomic mass is 9.94. The van der Waals surface area contributed by atoms with Crippen LogP contribution in [0.2, 0.25) is 0 Å². The van der Waals surface area contributed by atoms with Gasteiger partial charge in [-0.15, -0.1) is 0 Å². The molecule has 4 nitrogen and oxygen atoms in total. The van der Waals surface area contributed by atoms with E-state index < -0.39 is 0 Å². The third-order valence-corrected chi connectivity index (χ3v) is 5.01. The molecule has 25 heavy (non-hydrogen) atoms. The van der Waals surface area contributed by atoms with Crippen molar-refractivity contribution in [1.29, 1.82) is 0 Å². The van der Waals surface area contributed by atoms with E-state index >= 15 is 0 Å². The van der Waals surface area contributed by atoms with Gasteiger partial charge >= 0.3 is 0 Å². The molecule has 3 rings (SSSR count). The van der Waals surface area contributed by atoms with E-state index in [4.69, 9.17) is 9.47 Å². The maximum Gasteiger partial charge on any atom is 0.124 e. The molecule has 1 aliphatic rings. The average Bonchev–Trinajstić information content (AvgIpc) is 2.65. The summed E-state index contributed by atoms with van der Waals surface area (Å²) in [6.07, 6.45) is 0. The van der Waals surface area contributed by atoms with Gasteiger partial charge in [-0.25, -0.2) is 0 Å². The van der Waals surface area contributed by atoms with Crippen LogP contribution in [0.1, 0.15) is 24.1 Å². The third kappa shape index (κ3) is 4.17. The summed E-state index contributed by atoms with van der Waals surface area (Å²) in [5.74, 6) is 1.84. The van der Waals surface area contributed by atoms with Crippen LogP contribution in [0.4, 0.5) is 0 Å². The number of rotatable bonds is 6. The summed E-state index contributed by atoms with van der Waals surface area (Å²) < 4.78 is 12.7. The highest BCUT2D eigenvalue weighted by Crippen LogP contribution is 2.40. The van der Waals surface area contributed by atoms with Crippen LogP contribution in [0.3, 0.4) is 0 Å². The van der Waals surface area contributed by atoms with Crippen LogP contribution in [0.15, 0.2) is 46.9 Å². The minimum Gasteiger partial charge on any atom is -0.496 e. The fourth-order valence-electron chi connectivity index (χ4n) is 3.41. The van der Waals surface area contributed by atoms with Gasteiger partial charge in [-0.05, 0) is 31.2 Å². The van der Waals surface area contributed by atoms with Crippen molar-refractivity contribution < 1.29 is 9.47 Å². The topological polar surface area (TPSA) is 33.7 Å². The molecule has 0 aliphatic carbocycles. The van der Waals surface area contributed by atoms with Crippen molar-refractivity contribution >= 4 is 15.9 Å². The van der Waals surface area contributed by atoms with Crippen molar-refractivity contribution in [1.82, 2.24) is 10.2 Å². The maximum absolute atomic E-state index is 5.95. The molecule has 134 valence electrons. The van der Waals surface area contributed by atoms with E-state index in [1.165, 1.54) is 11.1 Å². The Kier molecular flexibility index (Phi) is 6.34. The molecule has 0 spiro atoms. The van der Waals surface area contributed by atoms with Crippen LogP contribution in [-0.2, 0) is 0 Å². The van der Waals surface area contributed by atoms with E-state index in [9.17, 15) is 0 Å². The number of hydrogen-bond acceptors (Lipinski definition) is 4. The van der Waals surface area contributed by atoms with Crippen molar-refractivity contribution in [3.8, 4) is 11.5 Å². The molecule has 1 atom stereocenters. The van der Waals surface area contributed by atoms with E-state index in [-0.39, 0.29) is 6.04 Å². The molecule has 1 aliphatic heterocycles. The first-order valence-electron chi connectivity index (χ1n) is 8.74. The highest BCUT2D eigenvalue weighted by Gasteiger charge is 2.29. The van der Waals surface area contributed by atoms with Crippen molar-refractivity contribution in [2.45, 2.75) is 13.0 Å². The van der Waals surface area contributed by atoms with Gasteiger partial charge in [0.25, 0.3) is 0 Å². The van der Waals surface area contributed by atoms with E-state index in [1.807, 2.05) is 31.2 Å². The normalized spacial score (nSPS) is 16.4. The number of hydrogen-bond donors (Lipinski definition) is 1. The first kappa shape index (κ1) is 18.2. The molecule has 0 aromatic heterocycles.